The fourth-order valence-corrected chi connectivity index (χ4v) is 2.85. The summed E-state index contributed by atoms with van der Waals surface area (Å²) in [7, 11) is 0. The van der Waals surface area contributed by atoms with E-state index in [1.54, 1.807) is 11.3 Å². The van der Waals surface area contributed by atoms with Crippen molar-refractivity contribution in [3.8, 4) is 0 Å². The van der Waals surface area contributed by atoms with Crippen molar-refractivity contribution in [2.45, 2.75) is 39.0 Å². The Labute approximate surface area is 119 Å². The average Bonchev–Trinajstić information content (AvgIpc) is 2.90. The standard InChI is InChI=1S/C16H21NOS/c1-12-5-3-6-14(9-12)11-17-13(2)10-15(18)16-7-4-8-19-16/h3-9,13,15,17-18H,10-11H2,1-2H3. The van der Waals surface area contributed by atoms with Crippen molar-refractivity contribution >= 4 is 11.3 Å². The molecule has 0 amide bonds. The molecule has 2 N–H and O–H groups in total. The van der Waals surface area contributed by atoms with Gasteiger partial charge in [-0.05, 0) is 37.3 Å². The molecule has 0 aliphatic carbocycles. The highest BCUT2D eigenvalue weighted by molar-refractivity contribution is 7.10. The molecule has 1 heterocycles. The number of aliphatic hydroxyl groups is 1. The molecule has 2 rings (SSSR count). The van der Waals surface area contributed by atoms with Gasteiger partial charge in [0.05, 0.1) is 6.10 Å². The van der Waals surface area contributed by atoms with Gasteiger partial charge in [-0.15, -0.1) is 11.3 Å². The molecule has 3 heteroatoms. The number of nitrogens with one attached hydrogen (secondary N) is 1. The lowest BCUT2D eigenvalue weighted by atomic mass is 10.1. The predicted molar refractivity (Wildman–Crippen MR) is 81.4 cm³/mol. The second-order valence-electron chi connectivity index (χ2n) is 5.04. The lowest BCUT2D eigenvalue weighted by Crippen LogP contribution is -2.27. The van der Waals surface area contributed by atoms with Crippen LogP contribution in [0.5, 0.6) is 0 Å². The van der Waals surface area contributed by atoms with E-state index in [0.717, 1.165) is 17.8 Å². The summed E-state index contributed by atoms with van der Waals surface area (Å²) in [4.78, 5) is 1.05. The molecule has 0 spiro atoms. The van der Waals surface area contributed by atoms with E-state index in [1.807, 2.05) is 17.5 Å². The van der Waals surface area contributed by atoms with Crippen molar-refractivity contribution in [1.29, 1.82) is 0 Å². The summed E-state index contributed by atoms with van der Waals surface area (Å²) < 4.78 is 0. The second-order valence-corrected chi connectivity index (χ2v) is 6.02. The predicted octanol–water partition coefficient (Wildman–Crippen LogP) is 3.66. The van der Waals surface area contributed by atoms with Gasteiger partial charge in [0.2, 0.25) is 0 Å². The largest absolute Gasteiger partial charge is 0.388 e. The zero-order chi connectivity index (χ0) is 13.7. The minimum Gasteiger partial charge on any atom is -0.388 e. The van der Waals surface area contributed by atoms with Crippen molar-refractivity contribution in [2.24, 2.45) is 0 Å². The van der Waals surface area contributed by atoms with E-state index < -0.39 is 0 Å². The van der Waals surface area contributed by atoms with Crippen LogP contribution in [0.1, 0.15) is 35.5 Å². The Hall–Kier alpha value is -1.16. The molecule has 2 aromatic rings. The van der Waals surface area contributed by atoms with Crippen LogP contribution in [-0.4, -0.2) is 11.1 Å². The molecule has 0 fully saturated rings. The molecule has 0 saturated heterocycles. The quantitative estimate of drug-likeness (QED) is 0.843. The highest BCUT2D eigenvalue weighted by atomic mass is 32.1. The van der Waals surface area contributed by atoms with Gasteiger partial charge in [0.15, 0.2) is 0 Å². The van der Waals surface area contributed by atoms with E-state index in [0.29, 0.717) is 0 Å². The monoisotopic (exact) mass is 275 g/mol. The van der Waals surface area contributed by atoms with Gasteiger partial charge in [-0.3, -0.25) is 0 Å². The molecule has 2 unspecified atom stereocenters. The fourth-order valence-electron chi connectivity index (χ4n) is 2.13. The molecule has 0 saturated carbocycles. The van der Waals surface area contributed by atoms with Crippen molar-refractivity contribution < 1.29 is 5.11 Å². The van der Waals surface area contributed by atoms with Crippen LogP contribution in [0.2, 0.25) is 0 Å². The molecule has 1 aromatic carbocycles. The van der Waals surface area contributed by atoms with Crippen LogP contribution >= 0.6 is 11.3 Å². The minimum absolute atomic E-state index is 0.289. The zero-order valence-corrected chi connectivity index (χ0v) is 12.3. The highest BCUT2D eigenvalue weighted by Gasteiger charge is 2.12. The van der Waals surface area contributed by atoms with Gasteiger partial charge in [0.25, 0.3) is 0 Å². The van der Waals surface area contributed by atoms with Crippen molar-refractivity contribution in [3.63, 3.8) is 0 Å². The summed E-state index contributed by atoms with van der Waals surface area (Å²) >= 11 is 1.61. The lowest BCUT2D eigenvalue weighted by molar-refractivity contribution is 0.157. The summed E-state index contributed by atoms with van der Waals surface area (Å²) in [5.41, 5.74) is 2.57. The fraction of sp³-hybridized carbons (Fsp3) is 0.375. The molecule has 1 aromatic heterocycles. The Kier molecular flexibility index (Phi) is 5.14. The van der Waals surface area contributed by atoms with Crippen molar-refractivity contribution in [1.82, 2.24) is 5.32 Å². The molecular formula is C16H21NOS. The van der Waals surface area contributed by atoms with Gasteiger partial charge in [-0.25, -0.2) is 0 Å². The Balaban J connectivity index is 1.80. The van der Waals surface area contributed by atoms with Gasteiger partial charge in [-0.1, -0.05) is 35.9 Å². The maximum Gasteiger partial charge on any atom is 0.0896 e. The normalized spacial score (nSPS) is 14.3. The third-order valence-corrected chi connectivity index (χ3v) is 4.16. The van der Waals surface area contributed by atoms with Crippen LogP contribution in [0.4, 0.5) is 0 Å². The highest BCUT2D eigenvalue weighted by Crippen LogP contribution is 2.22. The summed E-state index contributed by atoms with van der Waals surface area (Å²) in [6.07, 6.45) is 0.381. The van der Waals surface area contributed by atoms with Crippen LogP contribution in [-0.2, 0) is 6.54 Å². The number of hydrogen-bond donors (Lipinski definition) is 2. The molecule has 102 valence electrons. The Morgan fingerprint density at radius 2 is 2.11 bits per heavy atom. The minimum atomic E-state index is -0.361. The first kappa shape index (κ1) is 14.3. The molecule has 19 heavy (non-hydrogen) atoms. The van der Waals surface area contributed by atoms with E-state index in [1.165, 1.54) is 11.1 Å². The molecule has 0 radical (unpaired) electrons. The summed E-state index contributed by atoms with van der Waals surface area (Å²) in [6.45, 7) is 5.07. The third kappa shape index (κ3) is 4.46. The molecule has 0 bridgehead atoms. The van der Waals surface area contributed by atoms with Crippen LogP contribution in [0.3, 0.4) is 0 Å². The summed E-state index contributed by atoms with van der Waals surface area (Å²) in [6, 6.07) is 12.8. The van der Waals surface area contributed by atoms with E-state index in [9.17, 15) is 5.11 Å². The van der Waals surface area contributed by atoms with Crippen LogP contribution in [0.15, 0.2) is 41.8 Å². The smallest absolute Gasteiger partial charge is 0.0896 e. The van der Waals surface area contributed by atoms with Gasteiger partial charge in [-0.2, -0.15) is 0 Å². The van der Waals surface area contributed by atoms with E-state index in [2.05, 4.69) is 43.4 Å². The summed E-state index contributed by atoms with van der Waals surface area (Å²) in [5.74, 6) is 0. The topological polar surface area (TPSA) is 32.3 Å². The number of hydrogen-bond acceptors (Lipinski definition) is 3. The van der Waals surface area contributed by atoms with Gasteiger partial charge in [0.1, 0.15) is 0 Å². The number of benzene rings is 1. The number of aryl methyl sites for hydroxylation is 1. The van der Waals surface area contributed by atoms with Crippen LogP contribution in [0.25, 0.3) is 0 Å². The number of aliphatic hydroxyl groups excluding tert-OH is 1. The van der Waals surface area contributed by atoms with Gasteiger partial charge in [0, 0.05) is 17.5 Å². The van der Waals surface area contributed by atoms with E-state index in [4.69, 9.17) is 0 Å². The lowest BCUT2D eigenvalue weighted by Gasteiger charge is -2.17. The van der Waals surface area contributed by atoms with Crippen LogP contribution in [0, 0.1) is 6.92 Å². The van der Waals surface area contributed by atoms with Gasteiger partial charge >= 0.3 is 0 Å². The SMILES string of the molecule is Cc1cccc(CNC(C)CC(O)c2cccs2)c1. The first-order valence-corrected chi connectivity index (χ1v) is 7.53. The first-order valence-electron chi connectivity index (χ1n) is 6.65. The molecular weight excluding hydrogens is 254 g/mol. The third-order valence-electron chi connectivity index (χ3n) is 3.19. The van der Waals surface area contributed by atoms with E-state index >= 15 is 0 Å². The molecule has 0 aliphatic heterocycles. The molecule has 2 nitrogen and oxygen atoms in total. The summed E-state index contributed by atoms with van der Waals surface area (Å²) in [5, 5.41) is 15.6. The van der Waals surface area contributed by atoms with Crippen molar-refractivity contribution in [2.75, 3.05) is 0 Å². The molecule has 0 aliphatic rings. The van der Waals surface area contributed by atoms with Crippen LogP contribution < -0.4 is 5.32 Å². The van der Waals surface area contributed by atoms with Crippen molar-refractivity contribution in [3.05, 3.63) is 57.8 Å². The van der Waals surface area contributed by atoms with E-state index in [-0.39, 0.29) is 12.1 Å². The second kappa shape index (κ2) is 6.85. The molecule has 2 atom stereocenters. The van der Waals surface area contributed by atoms with Gasteiger partial charge < -0.3 is 10.4 Å². The number of rotatable bonds is 6. The Morgan fingerprint density at radius 1 is 1.26 bits per heavy atom. The zero-order valence-electron chi connectivity index (χ0n) is 11.5. The maximum absolute atomic E-state index is 10.1. The first-order chi connectivity index (χ1) is 9.15. The average molecular weight is 275 g/mol. The Morgan fingerprint density at radius 3 is 2.79 bits per heavy atom. The number of thiophene rings is 1. The maximum atomic E-state index is 10.1. The Bertz CT molecular complexity index is 495.